The number of aryl methyl sites for hydroxylation is 1. The zero-order valence-corrected chi connectivity index (χ0v) is 19.1. The lowest BCUT2D eigenvalue weighted by Crippen LogP contribution is -2.32. The number of para-hydroxylation sites is 1. The van der Waals surface area contributed by atoms with Gasteiger partial charge in [-0.15, -0.1) is 0 Å². The molecule has 0 saturated carbocycles. The monoisotopic (exact) mass is 513 g/mol. The first kappa shape index (κ1) is 23.2. The highest BCUT2D eigenvalue weighted by Crippen LogP contribution is 2.23. The van der Waals surface area contributed by atoms with Gasteiger partial charge in [-0.2, -0.15) is 5.10 Å². The number of esters is 1. The van der Waals surface area contributed by atoms with E-state index in [-0.39, 0.29) is 5.75 Å². The minimum atomic E-state index is -0.991. The van der Waals surface area contributed by atoms with Gasteiger partial charge in [0.15, 0.2) is 0 Å². The fourth-order valence-corrected chi connectivity index (χ4v) is 3.16. The smallest absolute Gasteiger partial charge is 0.343 e. The van der Waals surface area contributed by atoms with E-state index in [9.17, 15) is 14.4 Å². The summed E-state index contributed by atoms with van der Waals surface area (Å²) in [4.78, 5) is 36.5. The van der Waals surface area contributed by atoms with Gasteiger partial charge in [0.05, 0.1) is 22.5 Å². The molecule has 7 nitrogen and oxygen atoms in total. The Morgan fingerprint density at radius 2 is 1.78 bits per heavy atom. The maximum Gasteiger partial charge on any atom is 0.343 e. The predicted molar refractivity (Wildman–Crippen MR) is 126 cm³/mol. The van der Waals surface area contributed by atoms with Gasteiger partial charge in [-0.25, -0.2) is 10.2 Å². The second-order valence-electron chi connectivity index (χ2n) is 6.57. The van der Waals surface area contributed by atoms with Crippen LogP contribution in [0.1, 0.15) is 21.5 Å². The van der Waals surface area contributed by atoms with Crippen LogP contribution < -0.4 is 15.5 Å². The summed E-state index contributed by atoms with van der Waals surface area (Å²) in [6.45, 7) is 1.87. The van der Waals surface area contributed by atoms with Crippen molar-refractivity contribution in [2.24, 2.45) is 5.10 Å². The Balaban J connectivity index is 1.68. The third-order valence-electron chi connectivity index (χ3n) is 4.13. The third kappa shape index (κ3) is 6.26. The summed E-state index contributed by atoms with van der Waals surface area (Å²) >= 11 is 9.30. The molecule has 3 aromatic rings. The number of benzene rings is 3. The molecule has 0 aliphatic heterocycles. The zero-order valence-electron chi connectivity index (χ0n) is 16.8. The number of nitrogens with one attached hydrogen (secondary N) is 2. The van der Waals surface area contributed by atoms with Gasteiger partial charge in [0, 0.05) is 10.0 Å². The number of anilines is 1. The molecular weight excluding hydrogens is 498 g/mol. The molecule has 0 saturated heterocycles. The van der Waals surface area contributed by atoms with E-state index < -0.39 is 17.8 Å². The second kappa shape index (κ2) is 10.7. The summed E-state index contributed by atoms with van der Waals surface area (Å²) in [6.07, 6.45) is 1.27. The molecule has 0 aromatic heterocycles. The Bertz CT molecular complexity index is 1210. The number of carbonyl (C=O) groups excluding carboxylic acids is 3. The largest absolute Gasteiger partial charge is 0.422 e. The number of ether oxygens (including phenoxy) is 1. The van der Waals surface area contributed by atoms with Crippen molar-refractivity contribution in [1.82, 2.24) is 5.43 Å². The van der Waals surface area contributed by atoms with Gasteiger partial charge >= 0.3 is 17.8 Å². The summed E-state index contributed by atoms with van der Waals surface area (Å²) in [7, 11) is 0. The van der Waals surface area contributed by atoms with Crippen LogP contribution in [0.25, 0.3) is 0 Å². The first-order valence-corrected chi connectivity index (χ1v) is 10.5. The molecule has 0 heterocycles. The van der Waals surface area contributed by atoms with Gasteiger partial charge < -0.3 is 10.1 Å². The fraction of sp³-hybridized carbons (Fsp3) is 0.0435. The minimum Gasteiger partial charge on any atom is -0.422 e. The molecule has 3 aromatic carbocycles. The van der Waals surface area contributed by atoms with Crippen LogP contribution in [-0.4, -0.2) is 24.0 Å². The maximum absolute atomic E-state index is 12.5. The molecule has 0 spiro atoms. The SMILES string of the molecule is Cc1cccc(C(=O)Oc2ccc(Br)cc2/C=N/NC(=O)C(=O)Nc2ccccc2Cl)c1. The lowest BCUT2D eigenvalue weighted by Gasteiger charge is -2.08. The van der Waals surface area contributed by atoms with Crippen LogP contribution in [0.4, 0.5) is 5.69 Å². The van der Waals surface area contributed by atoms with Crippen LogP contribution in [0.2, 0.25) is 5.02 Å². The minimum absolute atomic E-state index is 0.234. The molecule has 0 bridgehead atoms. The lowest BCUT2D eigenvalue weighted by molar-refractivity contribution is -0.136. The van der Waals surface area contributed by atoms with E-state index in [1.807, 2.05) is 13.0 Å². The highest BCUT2D eigenvalue weighted by atomic mass is 79.9. The number of nitrogens with zero attached hydrogens (tertiary/aromatic N) is 1. The van der Waals surface area contributed by atoms with Gasteiger partial charge in [0.2, 0.25) is 0 Å². The number of hydrogen-bond acceptors (Lipinski definition) is 5. The molecule has 2 amide bonds. The maximum atomic E-state index is 12.5. The topological polar surface area (TPSA) is 96.9 Å². The number of rotatable bonds is 5. The average Bonchev–Trinajstić information content (AvgIpc) is 2.77. The Labute approximate surface area is 197 Å². The highest BCUT2D eigenvalue weighted by Gasteiger charge is 2.15. The van der Waals surface area contributed by atoms with Crippen molar-refractivity contribution < 1.29 is 19.1 Å². The van der Waals surface area contributed by atoms with E-state index in [0.717, 1.165) is 5.56 Å². The number of hydrogen-bond donors (Lipinski definition) is 2. The predicted octanol–water partition coefficient (Wildman–Crippen LogP) is 4.72. The number of halogens is 2. The quantitative estimate of drug-likeness (QED) is 0.169. The van der Waals surface area contributed by atoms with E-state index in [1.165, 1.54) is 6.21 Å². The van der Waals surface area contributed by atoms with Crippen molar-refractivity contribution in [2.75, 3.05) is 5.32 Å². The van der Waals surface area contributed by atoms with Crippen LogP contribution in [0.3, 0.4) is 0 Å². The van der Waals surface area contributed by atoms with E-state index >= 15 is 0 Å². The van der Waals surface area contributed by atoms with Crippen LogP contribution in [0.5, 0.6) is 5.75 Å². The molecule has 0 fully saturated rings. The van der Waals surface area contributed by atoms with Crippen molar-refractivity contribution in [3.63, 3.8) is 0 Å². The van der Waals surface area contributed by atoms with Gasteiger partial charge in [-0.3, -0.25) is 9.59 Å². The fourth-order valence-electron chi connectivity index (χ4n) is 2.60. The normalized spacial score (nSPS) is 10.6. The van der Waals surface area contributed by atoms with Gasteiger partial charge in [0.1, 0.15) is 5.75 Å². The highest BCUT2D eigenvalue weighted by molar-refractivity contribution is 9.10. The molecule has 0 aliphatic rings. The Morgan fingerprint density at radius 3 is 2.53 bits per heavy atom. The number of amides is 2. The number of hydrazone groups is 1. The molecule has 162 valence electrons. The molecular formula is C23H17BrClN3O4. The molecule has 3 rings (SSSR count). The molecule has 0 atom stereocenters. The lowest BCUT2D eigenvalue weighted by atomic mass is 10.1. The Morgan fingerprint density at radius 1 is 1.00 bits per heavy atom. The third-order valence-corrected chi connectivity index (χ3v) is 4.95. The second-order valence-corrected chi connectivity index (χ2v) is 7.90. The number of carbonyl (C=O) groups is 3. The standard InChI is InChI=1S/C23H17BrClN3O4/c1-14-5-4-6-15(11-14)23(31)32-20-10-9-17(24)12-16(20)13-26-28-22(30)21(29)27-19-8-3-2-7-18(19)25/h2-13H,1H3,(H,27,29)(H,28,30)/b26-13+. The molecule has 0 radical (unpaired) electrons. The van der Waals surface area contributed by atoms with Crippen molar-refractivity contribution in [1.29, 1.82) is 0 Å². The summed E-state index contributed by atoms with van der Waals surface area (Å²) in [5, 5.41) is 6.48. The Kier molecular flexibility index (Phi) is 7.75. The van der Waals surface area contributed by atoms with Crippen LogP contribution in [-0.2, 0) is 9.59 Å². The summed E-state index contributed by atoms with van der Waals surface area (Å²) in [5.41, 5.74) is 4.17. The van der Waals surface area contributed by atoms with Crippen LogP contribution in [0.15, 0.2) is 76.3 Å². The van der Waals surface area contributed by atoms with Gasteiger partial charge in [-0.1, -0.05) is 57.4 Å². The van der Waals surface area contributed by atoms with Crippen molar-refractivity contribution >= 4 is 57.2 Å². The van der Waals surface area contributed by atoms with Gasteiger partial charge in [-0.05, 0) is 49.4 Å². The summed E-state index contributed by atoms with van der Waals surface area (Å²) in [6, 6.07) is 18.5. The average molecular weight is 515 g/mol. The first-order valence-electron chi connectivity index (χ1n) is 9.31. The van der Waals surface area contributed by atoms with Crippen molar-refractivity contribution in [3.8, 4) is 5.75 Å². The van der Waals surface area contributed by atoms with E-state index in [4.69, 9.17) is 16.3 Å². The summed E-state index contributed by atoms with van der Waals surface area (Å²) < 4.78 is 6.19. The van der Waals surface area contributed by atoms with Crippen LogP contribution in [0, 0.1) is 6.92 Å². The molecule has 9 heteroatoms. The van der Waals surface area contributed by atoms with Crippen molar-refractivity contribution in [2.45, 2.75) is 6.92 Å². The van der Waals surface area contributed by atoms with E-state index in [0.29, 0.717) is 26.3 Å². The first-order chi connectivity index (χ1) is 15.3. The van der Waals surface area contributed by atoms with Crippen LogP contribution >= 0.6 is 27.5 Å². The van der Waals surface area contributed by atoms with E-state index in [2.05, 4.69) is 31.8 Å². The Hall–Kier alpha value is -3.49. The van der Waals surface area contributed by atoms with Gasteiger partial charge in [0.25, 0.3) is 0 Å². The molecule has 2 N–H and O–H groups in total. The summed E-state index contributed by atoms with van der Waals surface area (Å²) in [5.74, 6) is -2.22. The molecule has 0 unspecified atom stereocenters. The molecule has 0 aliphatic carbocycles. The van der Waals surface area contributed by atoms with Crippen molar-refractivity contribution in [3.05, 3.63) is 92.9 Å². The zero-order chi connectivity index (χ0) is 23.1. The molecule has 32 heavy (non-hydrogen) atoms. The van der Waals surface area contributed by atoms with E-state index in [1.54, 1.807) is 60.7 Å².